The van der Waals surface area contributed by atoms with Gasteiger partial charge in [0.05, 0.1) is 6.07 Å². The van der Waals surface area contributed by atoms with E-state index in [1.807, 2.05) is 37.4 Å². The third-order valence-corrected chi connectivity index (χ3v) is 4.07. The molecule has 0 aromatic heterocycles. The molecule has 0 fully saturated rings. The fourth-order valence-electron chi connectivity index (χ4n) is 2.42. The summed E-state index contributed by atoms with van der Waals surface area (Å²) in [4.78, 5) is 2.32. The van der Waals surface area contributed by atoms with E-state index in [-0.39, 0.29) is 0 Å². The van der Waals surface area contributed by atoms with Crippen molar-refractivity contribution in [2.45, 2.75) is 32.2 Å². The van der Waals surface area contributed by atoms with Crippen LogP contribution in [0.15, 0.2) is 30.3 Å². The maximum atomic E-state index is 9.64. The summed E-state index contributed by atoms with van der Waals surface area (Å²) in [6.07, 6.45) is 1.98. The van der Waals surface area contributed by atoms with Gasteiger partial charge in [0.1, 0.15) is 5.54 Å². The van der Waals surface area contributed by atoms with Crippen LogP contribution in [0.25, 0.3) is 0 Å². The van der Waals surface area contributed by atoms with Gasteiger partial charge < -0.3 is 4.90 Å². The average Bonchev–Trinajstić information content (AvgIpc) is 2.49. The molecule has 20 heavy (non-hydrogen) atoms. The van der Waals surface area contributed by atoms with E-state index in [2.05, 4.69) is 37.2 Å². The fourth-order valence-corrected chi connectivity index (χ4v) is 2.42. The minimum Gasteiger partial charge on any atom is -0.306 e. The molecule has 0 aliphatic heterocycles. The molecule has 3 heteroatoms. The topological polar surface area (TPSA) is 39.1 Å². The summed E-state index contributed by atoms with van der Waals surface area (Å²) in [7, 11) is 4.00. The Morgan fingerprint density at radius 2 is 2.00 bits per heavy atom. The highest BCUT2D eigenvalue weighted by molar-refractivity contribution is 5.31. The molecule has 0 heterocycles. The zero-order chi connectivity index (χ0) is 15.0. The van der Waals surface area contributed by atoms with Crippen LogP contribution < -0.4 is 5.32 Å². The van der Waals surface area contributed by atoms with Crippen molar-refractivity contribution < 1.29 is 0 Å². The van der Waals surface area contributed by atoms with E-state index in [4.69, 9.17) is 0 Å². The van der Waals surface area contributed by atoms with Crippen molar-refractivity contribution in [2.75, 3.05) is 27.2 Å². The molecule has 110 valence electrons. The lowest BCUT2D eigenvalue weighted by atomic mass is 9.88. The molecule has 3 nitrogen and oxygen atoms in total. The highest BCUT2D eigenvalue weighted by atomic mass is 15.1. The highest BCUT2D eigenvalue weighted by Gasteiger charge is 2.30. The fraction of sp³-hybridized carbons (Fsp3) is 0.588. The van der Waals surface area contributed by atoms with Gasteiger partial charge in [-0.25, -0.2) is 0 Å². The molecule has 0 spiro atoms. The Balaban J connectivity index is 2.72. The molecule has 1 aromatic carbocycles. The van der Waals surface area contributed by atoms with E-state index < -0.39 is 5.54 Å². The summed E-state index contributed by atoms with van der Waals surface area (Å²) in [5.74, 6) is 0.697. The Morgan fingerprint density at radius 1 is 1.35 bits per heavy atom. The highest BCUT2D eigenvalue weighted by Crippen LogP contribution is 2.24. The third-order valence-electron chi connectivity index (χ3n) is 4.07. The van der Waals surface area contributed by atoms with Crippen LogP contribution in [0.1, 0.15) is 32.3 Å². The SMILES string of the molecule is CCC(C)CN(C)CCC(C#N)(NC)c1ccccc1. The van der Waals surface area contributed by atoms with E-state index in [0.29, 0.717) is 5.92 Å². The Kier molecular flexibility index (Phi) is 6.70. The third kappa shape index (κ3) is 4.33. The first kappa shape index (κ1) is 16.7. The van der Waals surface area contributed by atoms with Crippen LogP contribution in [0.3, 0.4) is 0 Å². The zero-order valence-electron chi connectivity index (χ0n) is 13.2. The Hall–Kier alpha value is -1.37. The number of nitrogens with zero attached hydrogens (tertiary/aromatic N) is 2. The summed E-state index contributed by atoms with van der Waals surface area (Å²) < 4.78 is 0. The van der Waals surface area contributed by atoms with Crippen LogP contribution in [0, 0.1) is 17.2 Å². The van der Waals surface area contributed by atoms with Crippen molar-refractivity contribution in [2.24, 2.45) is 5.92 Å². The van der Waals surface area contributed by atoms with Crippen LogP contribution in [0.5, 0.6) is 0 Å². The van der Waals surface area contributed by atoms with Gasteiger partial charge in [-0.3, -0.25) is 5.32 Å². The molecule has 0 bridgehead atoms. The van der Waals surface area contributed by atoms with Crippen molar-refractivity contribution in [1.29, 1.82) is 5.26 Å². The Labute approximate surface area is 123 Å². The van der Waals surface area contributed by atoms with E-state index in [1.54, 1.807) is 0 Å². The van der Waals surface area contributed by atoms with Gasteiger partial charge in [-0.2, -0.15) is 5.26 Å². The van der Waals surface area contributed by atoms with Gasteiger partial charge in [-0.15, -0.1) is 0 Å². The van der Waals surface area contributed by atoms with Crippen molar-refractivity contribution in [3.8, 4) is 6.07 Å². The van der Waals surface area contributed by atoms with E-state index in [1.165, 1.54) is 6.42 Å². The first-order valence-corrected chi connectivity index (χ1v) is 7.42. The largest absolute Gasteiger partial charge is 0.306 e. The molecule has 0 aliphatic carbocycles. The van der Waals surface area contributed by atoms with Crippen LogP contribution in [-0.2, 0) is 5.54 Å². The van der Waals surface area contributed by atoms with Crippen LogP contribution in [0.4, 0.5) is 0 Å². The number of hydrogen-bond donors (Lipinski definition) is 1. The number of nitrogens with one attached hydrogen (secondary N) is 1. The maximum Gasteiger partial charge on any atom is 0.133 e. The standard InChI is InChI=1S/C17H27N3/c1-5-15(2)13-20(4)12-11-17(14-18,19-3)16-9-7-6-8-10-16/h6-10,15,19H,5,11-13H2,1-4H3. The van der Waals surface area contributed by atoms with Crippen LogP contribution in [-0.4, -0.2) is 32.1 Å². The number of benzene rings is 1. The summed E-state index contributed by atoms with van der Waals surface area (Å²) in [6.45, 7) is 6.48. The van der Waals surface area contributed by atoms with Crippen LogP contribution in [0.2, 0.25) is 0 Å². The smallest absolute Gasteiger partial charge is 0.133 e. The van der Waals surface area contributed by atoms with E-state index >= 15 is 0 Å². The molecule has 2 unspecified atom stereocenters. The molecule has 2 atom stereocenters. The van der Waals surface area contributed by atoms with Gasteiger partial charge in [0.25, 0.3) is 0 Å². The zero-order valence-corrected chi connectivity index (χ0v) is 13.2. The molecular weight excluding hydrogens is 246 g/mol. The summed E-state index contributed by atoms with van der Waals surface area (Å²) in [5.41, 5.74) is 0.451. The molecule has 0 saturated heterocycles. The van der Waals surface area contributed by atoms with Crippen molar-refractivity contribution >= 4 is 0 Å². The molecule has 1 aromatic rings. The van der Waals surface area contributed by atoms with Gasteiger partial charge in [0.15, 0.2) is 0 Å². The second kappa shape index (κ2) is 8.04. The molecule has 0 saturated carbocycles. The van der Waals surface area contributed by atoms with E-state index in [0.717, 1.165) is 25.1 Å². The first-order valence-electron chi connectivity index (χ1n) is 7.42. The second-order valence-corrected chi connectivity index (χ2v) is 5.66. The lowest BCUT2D eigenvalue weighted by Gasteiger charge is -2.29. The number of hydrogen-bond acceptors (Lipinski definition) is 3. The summed E-state index contributed by atoms with van der Waals surface area (Å²) in [6, 6.07) is 12.5. The van der Waals surface area contributed by atoms with Gasteiger partial charge in [-0.1, -0.05) is 50.6 Å². The van der Waals surface area contributed by atoms with Gasteiger partial charge >= 0.3 is 0 Å². The Bertz CT molecular complexity index is 424. The van der Waals surface area contributed by atoms with Gasteiger partial charge in [0.2, 0.25) is 0 Å². The second-order valence-electron chi connectivity index (χ2n) is 5.66. The lowest BCUT2D eigenvalue weighted by molar-refractivity contribution is 0.253. The monoisotopic (exact) mass is 273 g/mol. The minimum atomic E-state index is -0.592. The predicted octanol–water partition coefficient (Wildman–Crippen LogP) is 2.99. The minimum absolute atomic E-state index is 0.592. The lowest BCUT2D eigenvalue weighted by Crippen LogP contribution is -2.41. The Morgan fingerprint density at radius 3 is 2.50 bits per heavy atom. The number of nitriles is 1. The average molecular weight is 273 g/mol. The van der Waals surface area contributed by atoms with E-state index in [9.17, 15) is 5.26 Å². The van der Waals surface area contributed by atoms with Gasteiger partial charge in [-0.05, 0) is 32.0 Å². The number of rotatable bonds is 8. The van der Waals surface area contributed by atoms with Crippen molar-refractivity contribution in [3.63, 3.8) is 0 Å². The van der Waals surface area contributed by atoms with Gasteiger partial charge in [0, 0.05) is 13.1 Å². The first-order chi connectivity index (χ1) is 9.57. The quantitative estimate of drug-likeness (QED) is 0.791. The van der Waals surface area contributed by atoms with Crippen molar-refractivity contribution in [3.05, 3.63) is 35.9 Å². The van der Waals surface area contributed by atoms with Crippen molar-refractivity contribution in [1.82, 2.24) is 10.2 Å². The maximum absolute atomic E-state index is 9.64. The molecule has 0 amide bonds. The molecule has 0 aliphatic rings. The summed E-state index contributed by atoms with van der Waals surface area (Å²) >= 11 is 0. The normalized spacial score (nSPS) is 15.6. The molecule has 0 radical (unpaired) electrons. The predicted molar refractivity (Wildman–Crippen MR) is 84.4 cm³/mol. The molecule has 1 rings (SSSR count). The summed E-state index contributed by atoms with van der Waals surface area (Å²) in [5, 5.41) is 12.9. The molecular formula is C17H27N3. The van der Waals surface area contributed by atoms with Crippen LogP contribution >= 0.6 is 0 Å². The molecule has 1 N–H and O–H groups in total.